The molecule has 168 valence electrons. The third kappa shape index (κ3) is 4.97. The molecule has 0 fully saturated rings. The van der Waals surface area contributed by atoms with Crippen molar-refractivity contribution >= 4 is 56.9 Å². The Kier molecular flexibility index (Phi) is 7.26. The number of carbonyl (C=O) groups is 2. The van der Waals surface area contributed by atoms with E-state index in [1.807, 2.05) is 6.07 Å². The molecule has 1 N–H and O–H groups in total. The molecule has 2 aromatic carbocycles. The largest absolute Gasteiger partial charge is 0.493 e. The maximum Gasteiger partial charge on any atom is 0.337 e. The van der Waals surface area contributed by atoms with Crippen LogP contribution in [0.4, 0.5) is 5.69 Å². The number of benzene rings is 2. The molecule has 1 heterocycles. The minimum absolute atomic E-state index is 0.0843. The molecule has 1 amide bonds. The van der Waals surface area contributed by atoms with Crippen LogP contribution in [0, 0.1) is 5.92 Å². The number of carboxylic acid groups (broad SMARTS) is 1. The number of halogens is 2. The summed E-state index contributed by atoms with van der Waals surface area (Å²) in [6, 6.07) is 7.91. The fourth-order valence-corrected chi connectivity index (χ4v) is 3.82. The van der Waals surface area contributed by atoms with E-state index in [0.29, 0.717) is 51.0 Å². The monoisotopic (exact) mass is 520 g/mol. The lowest BCUT2D eigenvalue weighted by Gasteiger charge is -2.15. The van der Waals surface area contributed by atoms with Gasteiger partial charge >= 0.3 is 5.97 Å². The SMILES string of the molecule is COc1cc(/C=C2\C(=O)N(c3ccc(Cl)c(C(=O)O)c3)N=C2C)cc(Br)c1OCC(C)C. The van der Waals surface area contributed by atoms with Crippen LogP contribution in [0.15, 0.2) is 45.5 Å². The summed E-state index contributed by atoms with van der Waals surface area (Å²) < 4.78 is 12.0. The van der Waals surface area contributed by atoms with E-state index in [0.717, 1.165) is 5.01 Å². The van der Waals surface area contributed by atoms with Crippen LogP contribution in [0.25, 0.3) is 6.08 Å². The van der Waals surface area contributed by atoms with Crippen molar-refractivity contribution in [2.45, 2.75) is 20.8 Å². The molecule has 0 aromatic heterocycles. The molecule has 7 nitrogen and oxygen atoms in total. The van der Waals surface area contributed by atoms with E-state index in [-0.39, 0.29) is 16.5 Å². The van der Waals surface area contributed by atoms with E-state index in [4.69, 9.17) is 21.1 Å². The Hall–Kier alpha value is -2.84. The maximum absolute atomic E-state index is 13.1. The molecule has 0 aliphatic carbocycles. The van der Waals surface area contributed by atoms with Crippen molar-refractivity contribution in [3.8, 4) is 11.5 Å². The first kappa shape index (κ1) is 23.8. The van der Waals surface area contributed by atoms with E-state index in [9.17, 15) is 14.7 Å². The number of anilines is 1. The van der Waals surface area contributed by atoms with Crippen LogP contribution < -0.4 is 14.5 Å². The van der Waals surface area contributed by atoms with E-state index in [1.165, 1.54) is 12.1 Å². The number of hydrazone groups is 1. The Balaban J connectivity index is 1.94. The van der Waals surface area contributed by atoms with Crippen LogP contribution in [-0.4, -0.2) is 36.4 Å². The molecule has 1 aliphatic rings. The molecule has 0 radical (unpaired) electrons. The number of nitrogens with zero attached hydrogens (tertiary/aromatic N) is 2. The van der Waals surface area contributed by atoms with Crippen LogP contribution in [-0.2, 0) is 4.79 Å². The Morgan fingerprint density at radius 2 is 2.03 bits per heavy atom. The molecule has 0 bridgehead atoms. The molecule has 9 heteroatoms. The standard InChI is InChI=1S/C23H22BrClN2O5/c1-12(2)11-32-21-18(24)8-14(9-20(21)31-4)7-16-13(3)26-27(22(16)28)15-5-6-19(25)17(10-15)23(29)30/h5-10,12H,11H2,1-4H3,(H,29,30)/b16-7-. The van der Waals surface area contributed by atoms with Gasteiger partial charge in [-0.2, -0.15) is 10.1 Å². The maximum atomic E-state index is 13.1. The molecule has 0 saturated heterocycles. The second-order valence-corrected chi connectivity index (χ2v) is 8.83. The Morgan fingerprint density at radius 3 is 2.66 bits per heavy atom. The van der Waals surface area contributed by atoms with Gasteiger partial charge in [0.25, 0.3) is 5.91 Å². The van der Waals surface area contributed by atoms with Crippen molar-refractivity contribution in [3.63, 3.8) is 0 Å². The third-order valence-electron chi connectivity index (χ3n) is 4.61. The normalized spacial score (nSPS) is 14.8. The minimum Gasteiger partial charge on any atom is -0.493 e. The lowest BCUT2D eigenvalue weighted by Crippen LogP contribution is -2.21. The second kappa shape index (κ2) is 9.75. The summed E-state index contributed by atoms with van der Waals surface area (Å²) in [7, 11) is 1.55. The average Bonchev–Trinajstić information content (AvgIpc) is 3.00. The highest BCUT2D eigenvalue weighted by molar-refractivity contribution is 9.10. The molecule has 2 aromatic rings. The molecular weight excluding hydrogens is 500 g/mol. The topological polar surface area (TPSA) is 88.4 Å². The van der Waals surface area contributed by atoms with E-state index in [2.05, 4.69) is 34.9 Å². The highest BCUT2D eigenvalue weighted by atomic mass is 79.9. The van der Waals surface area contributed by atoms with Crippen molar-refractivity contribution in [1.29, 1.82) is 0 Å². The van der Waals surface area contributed by atoms with Gasteiger partial charge in [0.2, 0.25) is 0 Å². The summed E-state index contributed by atoms with van der Waals surface area (Å²) in [5.74, 6) is -0.0833. The lowest BCUT2D eigenvalue weighted by molar-refractivity contribution is -0.114. The van der Waals surface area contributed by atoms with Crippen molar-refractivity contribution in [2.75, 3.05) is 18.7 Å². The van der Waals surface area contributed by atoms with Crippen molar-refractivity contribution in [1.82, 2.24) is 0 Å². The zero-order chi connectivity index (χ0) is 23.6. The van der Waals surface area contributed by atoms with Crippen LogP contribution >= 0.6 is 27.5 Å². The smallest absolute Gasteiger partial charge is 0.337 e. The fraction of sp³-hybridized carbons (Fsp3) is 0.261. The van der Waals surface area contributed by atoms with E-state index < -0.39 is 5.97 Å². The summed E-state index contributed by atoms with van der Waals surface area (Å²) in [5.41, 5.74) is 1.80. The van der Waals surface area contributed by atoms with Crippen molar-refractivity contribution < 1.29 is 24.2 Å². The van der Waals surface area contributed by atoms with Gasteiger partial charge in [-0.25, -0.2) is 4.79 Å². The van der Waals surface area contributed by atoms with Gasteiger partial charge in [-0.05, 0) is 70.7 Å². The van der Waals surface area contributed by atoms with Gasteiger partial charge in [0.15, 0.2) is 11.5 Å². The van der Waals surface area contributed by atoms with Crippen LogP contribution in [0.3, 0.4) is 0 Å². The lowest BCUT2D eigenvalue weighted by atomic mass is 10.1. The summed E-state index contributed by atoms with van der Waals surface area (Å²) in [6.45, 7) is 6.36. The van der Waals surface area contributed by atoms with Gasteiger partial charge in [0.05, 0.1) is 45.7 Å². The number of hydrogen-bond acceptors (Lipinski definition) is 5. The van der Waals surface area contributed by atoms with Crippen molar-refractivity contribution in [3.05, 3.63) is 56.5 Å². The Labute approximate surface area is 199 Å². The number of carboxylic acids is 1. The number of aromatic carboxylic acids is 1. The van der Waals surface area contributed by atoms with Crippen LogP contribution in [0.5, 0.6) is 11.5 Å². The molecule has 0 unspecified atom stereocenters. The first-order valence-electron chi connectivity index (χ1n) is 9.77. The van der Waals surface area contributed by atoms with Gasteiger partial charge in [-0.1, -0.05) is 25.4 Å². The molecule has 0 saturated carbocycles. The zero-order valence-electron chi connectivity index (χ0n) is 18.0. The van der Waals surface area contributed by atoms with Crippen molar-refractivity contribution in [2.24, 2.45) is 11.0 Å². The quantitative estimate of drug-likeness (QED) is 0.476. The average molecular weight is 522 g/mol. The molecule has 0 atom stereocenters. The first-order chi connectivity index (χ1) is 15.1. The minimum atomic E-state index is -1.18. The number of amides is 1. The summed E-state index contributed by atoms with van der Waals surface area (Å²) in [5, 5.41) is 14.9. The number of rotatable bonds is 7. The molecule has 3 rings (SSSR count). The molecule has 0 spiro atoms. The molecule has 32 heavy (non-hydrogen) atoms. The number of hydrogen-bond donors (Lipinski definition) is 1. The van der Waals surface area contributed by atoms with E-state index >= 15 is 0 Å². The second-order valence-electron chi connectivity index (χ2n) is 7.57. The molecule has 1 aliphatic heterocycles. The summed E-state index contributed by atoms with van der Waals surface area (Å²) >= 11 is 9.45. The van der Waals surface area contributed by atoms with Gasteiger partial charge < -0.3 is 14.6 Å². The fourth-order valence-electron chi connectivity index (χ4n) is 3.05. The number of ether oxygens (including phenoxy) is 2. The highest BCUT2D eigenvalue weighted by Crippen LogP contribution is 2.38. The summed E-state index contributed by atoms with van der Waals surface area (Å²) in [4.78, 5) is 24.4. The van der Waals surface area contributed by atoms with Gasteiger partial charge in [-0.3, -0.25) is 4.79 Å². The van der Waals surface area contributed by atoms with Crippen LogP contribution in [0.2, 0.25) is 5.02 Å². The molecular formula is C23H22BrClN2O5. The number of methoxy groups -OCH3 is 1. The predicted octanol–water partition coefficient (Wildman–Crippen LogP) is 5.65. The van der Waals surface area contributed by atoms with Crippen LogP contribution in [0.1, 0.15) is 36.7 Å². The number of carbonyl (C=O) groups excluding carboxylic acids is 1. The Morgan fingerprint density at radius 1 is 1.31 bits per heavy atom. The highest BCUT2D eigenvalue weighted by Gasteiger charge is 2.29. The predicted molar refractivity (Wildman–Crippen MR) is 128 cm³/mol. The zero-order valence-corrected chi connectivity index (χ0v) is 20.3. The van der Waals surface area contributed by atoms with E-state index in [1.54, 1.807) is 32.2 Å². The third-order valence-corrected chi connectivity index (χ3v) is 5.53. The first-order valence-corrected chi connectivity index (χ1v) is 10.9. The van der Waals surface area contributed by atoms with Gasteiger partial charge in [0.1, 0.15) is 0 Å². The van der Waals surface area contributed by atoms with Gasteiger partial charge in [0, 0.05) is 0 Å². The van der Waals surface area contributed by atoms with Gasteiger partial charge in [-0.15, -0.1) is 0 Å². The summed E-state index contributed by atoms with van der Waals surface area (Å²) in [6.07, 6.45) is 1.70. The Bertz CT molecular complexity index is 1140.